The van der Waals surface area contributed by atoms with Crippen LogP contribution in [0.3, 0.4) is 0 Å². The Kier molecular flexibility index (Phi) is 4.67. The summed E-state index contributed by atoms with van der Waals surface area (Å²) in [6.45, 7) is 0.388. The summed E-state index contributed by atoms with van der Waals surface area (Å²) in [5, 5.41) is 0. The highest BCUT2D eigenvalue weighted by molar-refractivity contribution is 6.19. The van der Waals surface area contributed by atoms with Crippen LogP contribution in [0.25, 0.3) is 6.08 Å². The van der Waals surface area contributed by atoms with Crippen LogP contribution in [-0.2, 0) is 25.7 Å². The quantitative estimate of drug-likeness (QED) is 0.466. The van der Waals surface area contributed by atoms with Crippen LogP contribution < -0.4 is 4.74 Å². The molecule has 0 radical (unpaired) electrons. The van der Waals surface area contributed by atoms with Crippen LogP contribution >= 0.6 is 0 Å². The van der Waals surface area contributed by atoms with Gasteiger partial charge in [0.2, 0.25) is 0 Å². The molecule has 1 spiro atoms. The topological polar surface area (TPSA) is 61.8 Å². The van der Waals surface area contributed by atoms with Crippen molar-refractivity contribution < 1.29 is 23.8 Å². The minimum absolute atomic E-state index is 0.108. The van der Waals surface area contributed by atoms with Crippen molar-refractivity contribution >= 4 is 18.0 Å². The standard InChI is InChI=1S/C22H20O5/c23-20-18(21(24)27-22(26-20)12-6-7-13-22)14-17-10-4-5-11-19(17)25-15-16-8-2-1-3-9-16/h1-5,8-11,14H,6-7,12-13,15H2. The highest BCUT2D eigenvalue weighted by Crippen LogP contribution is 2.39. The highest BCUT2D eigenvalue weighted by Gasteiger charge is 2.47. The number of hydrogen-bond donors (Lipinski definition) is 0. The fourth-order valence-corrected chi connectivity index (χ4v) is 3.41. The average molecular weight is 364 g/mol. The number of benzene rings is 2. The molecule has 0 unspecified atom stereocenters. The Bertz CT molecular complexity index is 857. The van der Waals surface area contributed by atoms with Gasteiger partial charge in [-0.3, -0.25) is 0 Å². The normalized spacial score (nSPS) is 18.1. The Hall–Kier alpha value is -3.08. The summed E-state index contributed by atoms with van der Waals surface area (Å²) < 4.78 is 16.8. The number of para-hydroxylation sites is 1. The number of carbonyl (C=O) groups excluding carboxylic acids is 2. The summed E-state index contributed by atoms with van der Waals surface area (Å²) in [5.41, 5.74) is 1.54. The summed E-state index contributed by atoms with van der Waals surface area (Å²) in [4.78, 5) is 24.9. The van der Waals surface area contributed by atoms with Crippen molar-refractivity contribution in [2.24, 2.45) is 0 Å². The minimum Gasteiger partial charge on any atom is -0.488 e. The first kappa shape index (κ1) is 17.3. The van der Waals surface area contributed by atoms with Crippen molar-refractivity contribution in [2.75, 3.05) is 0 Å². The number of esters is 2. The molecule has 4 rings (SSSR count). The van der Waals surface area contributed by atoms with Gasteiger partial charge in [0.25, 0.3) is 5.79 Å². The molecule has 2 aromatic carbocycles. The highest BCUT2D eigenvalue weighted by atomic mass is 16.7. The predicted molar refractivity (Wildman–Crippen MR) is 98.6 cm³/mol. The van der Waals surface area contributed by atoms with Gasteiger partial charge in [-0.25, -0.2) is 9.59 Å². The van der Waals surface area contributed by atoms with Gasteiger partial charge in [0.1, 0.15) is 17.9 Å². The lowest BCUT2D eigenvalue weighted by Crippen LogP contribution is -2.44. The Morgan fingerprint density at radius 1 is 0.889 bits per heavy atom. The maximum absolute atomic E-state index is 12.4. The molecular weight excluding hydrogens is 344 g/mol. The van der Waals surface area contributed by atoms with E-state index in [1.165, 1.54) is 6.08 Å². The number of carbonyl (C=O) groups is 2. The molecule has 5 nitrogen and oxygen atoms in total. The molecule has 0 N–H and O–H groups in total. The second-order valence-electron chi connectivity index (χ2n) is 6.77. The van der Waals surface area contributed by atoms with E-state index in [0.29, 0.717) is 30.8 Å². The summed E-state index contributed by atoms with van der Waals surface area (Å²) in [5.74, 6) is -1.75. The van der Waals surface area contributed by atoms with Crippen LogP contribution in [0.15, 0.2) is 60.2 Å². The van der Waals surface area contributed by atoms with Crippen LogP contribution in [0.4, 0.5) is 0 Å². The predicted octanol–water partition coefficient (Wildman–Crippen LogP) is 4.02. The third-order valence-electron chi connectivity index (χ3n) is 4.82. The van der Waals surface area contributed by atoms with E-state index in [0.717, 1.165) is 18.4 Å². The van der Waals surface area contributed by atoms with Crippen LogP contribution in [-0.4, -0.2) is 17.7 Å². The van der Waals surface area contributed by atoms with E-state index in [-0.39, 0.29) is 5.57 Å². The van der Waals surface area contributed by atoms with Crippen LogP contribution in [0.2, 0.25) is 0 Å². The van der Waals surface area contributed by atoms with E-state index in [2.05, 4.69) is 0 Å². The molecule has 138 valence electrons. The molecule has 27 heavy (non-hydrogen) atoms. The maximum Gasteiger partial charge on any atom is 0.348 e. The van der Waals surface area contributed by atoms with E-state index in [1.54, 1.807) is 12.1 Å². The molecule has 0 aromatic heterocycles. The van der Waals surface area contributed by atoms with Gasteiger partial charge in [0.05, 0.1) is 0 Å². The van der Waals surface area contributed by atoms with Gasteiger partial charge in [0, 0.05) is 18.4 Å². The van der Waals surface area contributed by atoms with Crippen molar-refractivity contribution in [1.82, 2.24) is 0 Å². The third kappa shape index (κ3) is 3.72. The van der Waals surface area contributed by atoms with Gasteiger partial charge < -0.3 is 14.2 Å². The van der Waals surface area contributed by atoms with E-state index in [4.69, 9.17) is 14.2 Å². The van der Waals surface area contributed by atoms with E-state index >= 15 is 0 Å². The van der Waals surface area contributed by atoms with Crippen LogP contribution in [0.1, 0.15) is 36.8 Å². The first-order chi connectivity index (χ1) is 13.2. The number of rotatable bonds is 4. The van der Waals surface area contributed by atoms with Crippen molar-refractivity contribution in [1.29, 1.82) is 0 Å². The van der Waals surface area contributed by atoms with Crippen LogP contribution in [0.5, 0.6) is 5.75 Å². The molecule has 2 aromatic rings. The SMILES string of the molecule is O=C1OC2(CCCC2)OC(=O)C1=Cc1ccccc1OCc1ccccc1. The third-order valence-corrected chi connectivity index (χ3v) is 4.82. The second-order valence-corrected chi connectivity index (χ2v) is 6.77. The fourth-order valence-electron chi connectivity index (χ4n) is 3.41. The van der Waals surface area contributed by atoms with Crippen LogP contribution in [0, 0.1) is 0 Å². The molecule has 5 heteroatoms. The summed E-state index contributed by atoms with van der Waals surface area (Å²) in [6.07, 6.45) is 4.38. The minimum atomic E-state index is -1.06. The summed E-state index contributed by atoms with van der Waals surface area (Å²) in [6, 6.07) is 17.0. The zero-order valence-corrected chi connectivity index (χ0v) is 14.9. The Balaban J connectivity index is 1.55. The lowest BCUT2D eigenvalue weighted by molar-refractivity contribution is -0.232. The Morgan fingerprint density at radius 3 is 2.22 bits per heavy atom. The molecule has 1 aliphatic heterocycles. The largest absolute Gasteiger partial charge is 0.488 e. The van der Waals surface area contributed by atoms with Gasteiger partial charge in [-0.1, -0.05) is 48.5 Å². The van der Waals surface area contributed by atoms with E-state index in [1.807, 2.05) is 42.5 Å². The maximum atomic E-state index is 12.4. The van der Waals surface area contributed by atoms with Gasteiger partial charge in [0.15, 0.2) is 0 Å². The fraction of sp³-hybridized carbons (Fsp3) is 0.273. The second kappa shape index (κ2) is 7.27. The van der Waals surface area contributed by atoms with Gasteiger partial charge in [-0.15, -0.1) is 0 Å². The molecular formula is C22H20O5. The lowest BCUT2D eigenvalue weighted by atomic mass is 10.1. The smallest absolute Gasteiger partial charge is 0.348 e. The first-order valence-electron chi connectivity index (χ1n) is 9.09. The van der Waals surface area contributed by atoms with Gasteiger partial charge >= 0.3 is 11.9 Å². The monoisotopic (exact) mass is 364 g/mol. The lowest BCUT2D eigenvalue weighted by Gasteiger charge is -2.32. The molecule has 0 bridgehead atoms. The first-order valence-corrected chi connectivity index (χ1v) is 9.09. The average Bonchev–Trinajstić information content (AvgIpc) is 3.12. The van der Waals surface area contributed by atoms with Crippen molar-refractivity contribution in [3.05, 3.63) is 71.3 Å². The van der Waals surface area contributed by atoms with Gasteiger partial charge in [-0.05, 0) is 30.5 Å². The zero-order valence-electron chi connectivity index (χ0n) is 14.9. The molecule has 1 saturated carbocycles. The number of ether oxygens (including phenoxy) is 3. The molecule has 1 heterocycles. The van der Waals surface area contributed by atoms with E-state index in [9.17, 15) is 9.59 Å². The molecule has 1 saturated heterocycles. The molecule has 2 aliphatic rings. The van der Waals surface area contributed by atoms with Crippen molar-refractivity contribution in [3.8, 4) is 5.75 Å². The Morgan fingerprint density at radius 2 is 1.52 bits per heavy atom. The molecule has 0 amide bonds. The van der Waals surface area contributed by atoms with Crippen molar-refractivity contribution in [3.63, 3.8) is 0 Å². The summed E-state index contributed by atoms with van der Waals surface area (Å²) >= 11 is 0. The molecule has 1 aliphatic carbocycles. The molecule has 0 atom stereocenters. The Labute approximate surface area is 157 Å². The van der Waals surface area contributed by atoms with E-state index < -0.39 is 17.7 Å². The molecule has 2 fully saturated rings. The van der Waals surface area contributed by atoms with Crippen molar-refractivity contribution in [2.45, 2.75) is 38.1 Å². The zero-order chi connectivity index (χ0) is 18.7. The van der Waals surface area contributed by atoms with Gasteiger partial charge in [-0.2, -0.15) is 0 Å². The number of hydrogen-bond acceptors (Lipinski definition) is 5. The summed E-state index contributed by atoms with van der Waals surface area (Å²) in [7, 11) is 0.